The van der Waals surface area contributed by atoms with E-state index >= 15 is 0 Å². The SMILES string of the molecule is CCn1nc(C)cc1C(=O)NCC(=O)NCCCn1nc(C)cc1C. The summed E-state index contributed by atoms with van der Waals surface area (Å²) in [4.78, 5) is 24.0. The molecule has 0 aliphatic rings. The fraction of sp³-hybridized carbons (Fsp3) is 0.529. The lowest BCUT2D eigenvalue weighted by atomic mass is 10.3. The molecule has 0 saturated carbocycles. The summed E-state index contributed by atoms with van der Waals surface area (Å²) < 4.78 is 3.55. The van der Waals surface area contributed by atoms with Crippen LogP contribution in [-0.4, -0.2) is 44.5 Å². The zero-order valence-corrected chi connectivity index (χ0v) is 15.3. The molecule has 8 nitrogen and oxygen atoms in total. The first kappa shape index (κ1) is 18.7. The molecule has 2 aromatic heterocycles. The van der Waals surface area contributed by atoms with Crippen molar-refractivity contribution in [2.75, 3.05) is 13.1 Å². The zero-order chi connectivity index (χ0) is 18.4. The highest BCUT2D eigenvalue weighted by Gasteiger charge is 2.13. The molecular weight excluding hydrogens is 320 g/mol. The predicted octanol–water partition coefficient (Wildman–Crippen LogP) is 0.961. The Morgan fingerprint density at radius 1 is 1.04 bits per heavy atom. The van der Waals surface area contributed by atoms with Gasteiger partial charge in [0.2, 0.25) is 5.91 Å². The van der Waals surface area contributed by atoms with E-state index in [9.17, 15) is 9.59 Å². The minimum Gasteiger partial charge on any atom is -0.355 e. The van der Waals surface area contributed by atoms with Crippen LogP contribution in [0.4, 0.5) is 0 Å². The average molecular weight is 346 g/mol. The predicted molar refractivity (Wildman–Crippen MR) is 94.3 cm³/mol. The lowest BCUT2D eigenvalue weighted by Crippen LogP contribution is -2.38. The average Bonchev–Trinajstić information content (AvgIpc) is 3.10. The van der Waals surface area contributed by atoms with Gasteiger partial charge in [-0.2, -0.15) is 10.2 Å². The van der Waals surface area contributed by atoms with Gasteiger partial charge in [-0.3, -0.25) is 19.0 Å². The van der Waals surface area contributed by atoms with Crippen LogP contribution in [0.1, 0.15) is 40.9 Å². The van der Waals surface area contributed by atoms with E-state index in [0.717, 1.165) is 30.0 Å². The van der Waals surface area contributed by atoms with Crippen LogP contribution in [0.2, 0.25) is 0 Å². The molecule has 8 heteroatoms. The molecule has 2 heterocycles. The molecule has 0 radical (unpaired) electrons. The summed E-state index contributed by atoms with van der Waals surface area (Å²) >= 11 is 0. The van der Waals surface area contributed by atoms with Gasteiger partial charge in [-0.1, -0.05) is 0 Å². The van der Waals surface area contributed by atoms with Crippen molar-refractivity contribution >= 4 is 11.8 Å². The lowest BCUT2D eigenvalue weighted by Gasteiger charge is -2.08. The molecule has 2 aromatic rings. The molecule has 0 aliphatic heterocycles. The molecule has 136 valence electrons. The van der Waals surface area contributed by atoms with Gasteiger partial charge in [-0.05, 0) is 46.2 Å². The molecule has 2 N–H and O–H groups in total. The first-order valence-corrected chi connectivity index (χ1v) is 8.51. The molecule has 0 aromatic carbocycles. The van der Waals surface area contributed by atoms with Gasteiger partial charge in [0.05, 0.1) is 17.9 Å². The first-order valence-electron chi connectivity index (χ1n) is 8.51. The summed E-state index contributed by atoms with van der Waals surface area (Å²) in [5.41, 5.74) is 3.35. The molecule has 0 bridgehead atoms. The third-order valence-corrected chi connectivity index (χ3v) is 3.82. The van der Waals surface area contributed by atoms with E-state index in [1.807, 2.05) is 38.4 Å². The van der Waals surface area contributed by atoms with Crippen LogP contribution in [0.5, 0.6) is 0 Å². The topological polar surface area (TPSA) is 93.8 Å². The Balaban J connectivity index is 1.70. The van der Waals surface area contributed by atoms with Gasteiger partial charge >= 0.3 is 0 Å². The number of nitrogens with one attached hydrogen (secondary N) is 2. The second-order valence-electron chi connectivity index (χ2n) is 6.02. The van der Waals surface area contributed by atoms with Crippen molar-refractivity contribution in [2.45, 2.75) is 47.2 Å². The van der Waals surface area contributed by atoms with E-state index in [-0.39, 0.29) is 18.4 Å². The summed E-state index contributed by atoms with van der Waals surface area (Å²) in [6.45, 7) is 9.57. The minimum absolute atomic E-state index is 0.0489. The van der Waals surface area contributed by atoms with Crippen molar-refractivity contribution in [1.29, 1.82) is 0 Å². The van der Waals surface area contributed by atoms with E-state index < -0.39 is 0 Å². The largest absolute Gasteiger partial charge is 0.355 e. The number of nitrogens with zero attached hydrogens (tertiary/aromatic N) is 4. The summed E-state index contributed by atoms with van der Waals surface area (Å²) in [7, 11) is 0. The molecule has 2 rings (SSSR count). The maximum Gasteiger partial charge on any atom is 0.269 e. The van der Waals surface area contributed by atoms with Crippen LogP contribution in [0.15, 0.2) is 12.1 Å². The summed E-state index contributed by atoms with van der Waals surface area (Å²) in [6.07, 6.45) is 0.781. The highest BCUT2D eigenvalue weighted by atomic mass is 16.2. The van der Waals surface area contributed by atoms with Crippen molar-refractivity contribution in [3.63, 3.8) is 0 Å². The van der Waals surface area contributed by atoms with Gasteiger partial charge in [0.25, 0.3) is 5.91 Å². The highest BCUT2D eigenvalue weighted by Crippen LogP contribution is 2.03. The third kappa shape index (κ3) is 5.17. The molecule has 0 unspecified atom stereocenters. The summed E-state index contributed by atoms with van der Waals surface area (Å²) in [5.74, 6) is -0.499. The van der Waals surface area contributed by atoms with Crippen molar-refractivity contribution in [2.24, 2.45) is 0 Å². The molecular formula is C17H26N6O2. The number of carbonyl (C=O) groups is 2. The van der Waals surface area contributed by atoms with E-state index in [0.29, 0.717) is 18.8 Å². The smallest absolute Gasteiger partial charge is 0.269 e. The van der Waals surface area contributed by atoms with Crippen LogP contribution in [0.25, 0.3) is 0 Å². The second-order valence-corrected chi connectivity index (χ2v) is 6.02. The normalized spacial score (nSPS) is 10.7. The van der Waals surface area contributed by atoms with Crippen LogP contribution >= 0.6 is 0 Å². The molecule has 0 aliphatic carbocycles. The van der Waals surface area contributed by atoms with Gasteiger partial charge in [0, 0.05) is 25.3 Å². The van der Waals surface area contributed by atoms with E-state index in [1.165, 1.54) is 0 Å². The van der Waals surface area contributed by atoms with Crippen molar-refractivity contribution in [3.05, 3.63) is 34.9 Å². The minimum atomic E-state index is -0.291. The third-order valence-electron chi connectivity index (χ3n) is 3.82. The Labute approximate surface area is 147 Å². The van der Waals surface area contributed by atoms with Crippen molar-refractivity contribution < 1.29 is 9.59 Å². The van der Waals surface area contributed by atoms with E-state index in [2.05, 4.69) is 20.8 Å². The van der Waals surface area contributed by atoms with Gasteiger partial charge in [0.1, 0.15) is 5.69 Å². The van der Waals surface area contributed by atoms with Crippen molar-refractivity contribution in [3.8, 4) is 0 Å². The highest BCUT2D eigenvalue weighted by molar-refractivity contribution is 5.95. The number of hydrogen-bond donors (Lipinski definition) is 2. The molecule has 0 spiro atoms. The fourth-order valence-electron chi connectivity index (χ4n) is 2.64. The Hall–Kier alpha value is -2.64. The monoisotopic (exact) mass is 346 g/mol. The first-order chi connectivity index (χ1) is 11.9. The number of rotatable bonds is 8. The molecule has 0 saturated heterocycles. The van der Waals surface area contributed by atoms with Crippen LogP contribution < -0.4 is 10.6 Å². The summed E-state index contributed by atoms with van der Waals surface area (Å²) in [5, 5.41) is 14.0. The number of aromatic nitrogens is 4. The Morgan fingerprint density at radius 2 is 1.72 bits per heavy atom. The van der Waals surface area contributed by atoms with Crippen LogP contribution in [-0.2, 0) is 17.9 Å². The van der Waals surface area contributed by atoms with Gasteiger partial charge < -0.3 is 10.6 Å². The number of amides is 2. The zero-order valence-electron chi connectivity index (χ0n) is 15.3. The molecule has 25 heavy (non-hydrogen) atoms. The number of hydrogen-bond acceptors (Lipinski definition) is 4. The maximum atomic E-state index is 12.1. The number of carbonyl (C=O) groups excluding carboxylic acids is 2. The van der Waals surface area contributed by atoms with Crippen LogP contribution in [0.3, 0.4) is 0 Å². The quantitative estimate of drug-likeness (QED) is 0.696. The van der Waals surface area contributed by atoms with Gasteiger partial charge in [0.15, 0.2) is 0 Å². The second kappa shape index (κ2) is 8.46. The van der Waals surface area contributed by atoms with E-state index in [4.69, 9.17) is 0 Å². The molecule has 2 amide bonds. The molecule has 0 fully saturated rings. The maximum absolute atomic E-state index is 12.1. The van der Waals surface area contributed by atoms with Gasteiger partial charge in [-0.15, -0.1) is 0 Å². The van der Waals surface area contributed by atoms with E-state index in [1.54, 1.807) is 10.7 Å². The Morgan fingerprint density at radius 3 is 2.36 bits per heavy atom. The lowest BCUT2D eigenvalue weighted by molar-refractivity contribution is -0.120. The Kier molecular flexibility index (Phi) is 6.32. The van der Waals surface area contributed by atoms with Gasteiger partial charge in [-0.25, -0.2) is 0 Å². The standard InChI is InChI=1S/C17H26N6O2/c1-5-22-15(10-13(3)20-22)17(25)19-11-16(24)18-7-6-8-23-14(4)9-12(2)21-23/h9-10H,5-8,11H2,1-4H3,(H,18,24)(H,19,25). The van der Waals surface area contributed by atoms with Crippen molar-refractivity contribution in [1.82, 2.24) is 30.2 Å². The molecule has 0 atom stereocenters. The Bertz CT molecular complexity index is 746. The summed E-state index contributed by atoms with van der Waals surface area (Å²) in [6, 6.07) is 3.74. The van der Waals surface area contributed by atoms with Crippen LogP contribution in [0, 0.1) is 20.8 Å². The number of aryl methyl sites for hydroxylation is 5. The fourth-order valence-corrected chi connectivity index (χ4v) is 2.64.